The van der Waals surface area contributed by atoms with E-state index in [-0.39, 0.29) is 12.1 Å². The first-order valence-corrected chi connectivity index (χ1v) is 5.50. The summed E-state index contributed by atoms with van der Waals surface area (Å²) in [7, 11) is 0. The molecule has 0 aliphatic carbocycles. The fourth-order valence-electron chi connectivity index (χ4n) is 1.49. The summed E-state index contributed by atoms with van der Waals surface area (Å²) in [5.41, 5.74) is 5.05. The van der Waals surface area contributed by atoms with Crippen LogP contribution in [0.5, 0.6) is 0 Å². The van der Waals surface area contributed by atoms with Crippen LogP contribution in [0, 0.1) is 11.6 Å². The van der Waals surface area contributed by atoms with Gasteiger partial charge < -0.3 is 11.1 Å². The lowest BCUT2D eigenvalue weighted by molar-refractivity contribution is 0.0949. The van der Waals surface area contributed by atoms with E-state index in [0.717, 1.165) is 12.1 Å². The molecule has 1 amide bonds. The van der Waals surface area contributed by atoms with Crippen molar-refractivity contribution in [2.24, 2.45) is 0 Å². The van der Waals surface area contributed by atoms with Crippen LogP contribution >= 0.6 is 0 Å². The number of anilines is 1. The molecule has 2 aromatic rings. The maximum Gasteiger partial charge on any atom is 0.251 e. The second-order valence-electron chi connectivity index (χ2n) is 3.86. The van der Waals surface area contributed by atoms with Crippen LogP contribution in [-0.2, 0) is 6.54 Å². The number of nitrogens with zero attached hydrogens (tertiary/aromatic N) is 1. The Morgan fingerprint density at radius 2 is 1.95 bits per heavy atom. The van der Waals surface area contributed by atoms with Crippen LogP contribution in [0.15, 0.2) is 36.5 Å². The van der Waals surface area contributed by atoms with Gasteiger partial charge in [-0.05, 0) is 24.3 Å². The van der Waals surface area contributed by atoms with Crippen molar-refractivity contribution < 1.29 is 13.6 Å². The maximum atomic E-state index is 13.2. The number of pyridine rings is 1. The molecular weight excluding hydrogens is 252 g/mol. The molecule has 0 unspecified atom stereocenters. The number of nitrogens with two attached hydrogens (primary N) is 1. The molecule has 1 heterocycles. The first kappa shape index (κ1) is 12.9. The van der Waals surface area contributed by atoms with Crippen LogP contribution in [-0.4, -0.2) is 10.9 Å². The zero-order valence-corrected chi connectivity index (χ0v) is 9.86. The fourth-order valence-corrected chi connectivity index (χ4v) is 1.49. The summed E-state index contributed by atoms with van der Waals surface area (Å²) in [5, 5.41) is 2.51. The van der Waals surface area contributed by atoms with Crippen molar-refractivity contribution in [1.29, 1.82) is 0 Å². The number of halogens is 2. The summed E-state index contributed by atoms with van der Waals surface area (Å²) in [6.45, 7) is 0.174. The molecule has 0 atom stereocenters. The van der Waals surface area contributed by atoms with Gasteiger partial charge in [-0.25, -0.2) is 8.78 Å². The zero-order chi connectivity index (χ0) is 13.8. The number of benzene rings is 1. The summed E-state index contributed by atoms with van der Waals surface area (Å²) in [4.78, 5) is 15.7. The van der Waals surface area contributed by atoms with Gasteiger partial charge in [0.15, 0.2) is 0 Å². The number of nitrogens with one attached hydrogen (secondary N) is 1. The van der Waals surface area contributed by atoms with Crippen molar-refractivity contribution in [3.63, 3.8) is 0 Å². The Bertz CT molecular complexity index is 579. The second-order valence-corrected chi connectivity index (χ2v) is 3.86. The highest BCUT2D eigenvalue weighted by Crippen LogP contribution is 2.17. The van der Waals surface area contributed by atoms with Crippen molar-refractivity contribution in [3.05, 3.63) is 59.4 Å². The molecule has 0 aliphatic rings. The standard InChI is InChI=1S/C13H11F2N3O/c14-10-5-8(6-11(15)12(10)16)13(19)18-7-9-3-1-2-4-17-9/h1-6H,7,16H2,(H,18,19). The maximum absolute atomic E-state index is 13.2. The number of amides is 1. The Balaban J connectivity index is 2.08. The number of carbonyl (C=O) groups excluding carboxylic acids is 1. The highest BCUT2D eigenvalue weighted by atomic mass is 19.1. The minimum absolute atomic E-state index is 0.125. The molecule has 6 heteroatoms. The Morgan fingerprint density at radius 1 is 1.26 bits per heavy atom. The number of hydrogen-bond acceptors (Lipinski definition) is 3. The number of rotatable bonds is 3. The molecular formula is C13H11F2N3O. The first-order chi connectivity index (χ1) is 9.08. The topological polar surface area (TPSA) is 68.0 Å². The summed E-state index contributed by atoms with van der Waals surface area (Å²) >= 11 is 0. The normalized spacial score (nSPS) is 10.2. The largest absolute Gasteiger partial charge is 0.394 e. The Labute approximate surface area is 108 Å². The van der Waals surface area contributed by atoms with E-state index < -0.39 is 23.2 Å². The van der Waals surface area contributed by atoms with Gasteiger partial charge in [-0.3, -0.25) is 9.78 Å². The van der Waals surface area contributed by atoms with E-state index in [1.807, 2.05) is 0 Å². The molecule has 0 saturated heterocycles. The van der Waals surface area contributed by atoms with Crippen molar-refractivity contribution in [1.82, 2.24) is 10.3 Å². The lowest BCUT2D eigenvalue weighted by Gasteiger charge is -2.06. The van der Waals surface area contributed by atoms with Crippen LogP contribution in [0.2, 0.25) is 0 Å². The fraction of sp³-hybridized carbons (Fsp3) is 0.0769. The number of carbonyl (C=O) groups is 1. The van der Waals surface area contributed by atoms with Gasteiger partial charge in [0.1, 0.15) is 17.3 Å². The van der Waals surface area contributed by atoms with E-state index in [0.29, 0.717) is 5.69 Å². The minimum Gasteiger partial charge on any atom is -0.394 e. The van der Waals surface area contributed by atoms with Crippen LogP contribution in [0.1, 0.15) is 16.1 Å². The van der Waals surface area contributed by atoms with Crippen LogP contribution < -0.4 is 11.1 Å². The predicted octanol–water partition coefficient (Wildman–Crippen LogP) is 1.87. The van der Waals surface area contributed by atoms with Gasteiger partial charge in [-0.2, -0.15) is 0 Å². The van der Waals surface area contributed by atoms with Crippen LogP contribution in [0.3, 0.4) is 0 Å². The minimum atomic E-state index is -0.956. The van der Waals surface area contributed by atoms with Crippen molar-refractivity contribution in [2.45, 2.75) is 6.54 Å². The smallest absolute Gasteiger partial charge is 0.251 e. The third-order valence-electron chi connectivity index (χ3n) is 2.50. The molecule has 2 rings (SSSR count). The van der Waals surface area contributed by atoms with E-state index in [1.54, 1.807) is 24.4 Å². The van der Waals surface area contributed by atoms with Gasteiger partial charge >= 0.3 is 0 Å². The van der Waals surface area contributed by atoms with E-state index in [2.05, 4.69) is 10.3 Å². The molecule has 0 bridgehead atoms. The van der Waals surface area contributed by atoms with Gasteiger partial charge in [0.05, 0.1) is 12.2 Å². The third-order valence-corrected chi connectivity index (χ3v) is 2.50. The van der Waals surface area contributed by atoms with Crippen LogP contribution in [0.4, 0.5) is 14.5 Å². The molecule has 98 valence electrons. The molecule has 1 aromatic heterocycles. The van der Waals surface area contributed by atoms with Crippen molar-refractivity contribution >= 4 is 11.6 Å². The number of nitrogen functional groups attached to an aromatic ring is 1. The molecule has 3 N–H and O–H groups in total. The van der Waals surface area contributed by atoms with Crippen molar-refractivity contribution in [2.75, 3.05) is 5.73 Å². The molecule has 19 heavy (non-hydrogen) atoms. The monoisotopic (exact) mass is 263 g/mol. The molecule has 0 aliphatic heterocycles. The average molecular weight is 263 g/mol. The SMILES string of the molecule is Nc1c(F)cc(C(=O)NCc2ccccn2)cc1F. The average Bonchev–Trinajstić information content (AvgIpc) is 2.42. The number of hydrogen-bond donors (Lipinski definition) is 2. The lowest BCUT2D eigenvalue weighted by Crippen LogP contribution is -2.23. The van der Waals surface area contributed by atoms with E-state index in [4.69, 9.17) is 5.73 Å². The highest BCUT2D eigenvalue weighted by molar-refractivity contribution is 5.94. The van der Waals surface area contributed by atoms with Crippen molar-refractivity contribution in [3.8, 4) is 0 Å². The predicted molar refractivity (Wildman–Crippen MR) is 66.2 cm³/mol. The zero-order valence-electron chi connectivity index (χ0n) is 9.86. The lowest BCUT2D eigenvalue weighted by atomic mass is 10.1. The summed E-state index contributed by atoms with van der Waals surface area (Å²) in [5.74, 6) is -2.51. The first-order valence-electron chi connectivity index (χ1n) is 5.50. The van der Waals surface area contributed by atoms with Crippen LogP contribution in [0.25, 0.3) is 0 Å². The quantitative estimate of drug-likeness (QED) is 0.831. The summed E-state index contributed by atoms with van der Waals surface area (Å²) in [6, 6.07) is 7.04. The van der Waals surface area contributed by atoms with Gasteiger partial charge in [0, 0.05) is 11.8 Å². The Hall–Kier alpha value is -2.50. The van der Waals surface area contributed by atoms with Gasteiger partial charge in [0.25, 0.3) is 5.91 Å². The Morgan fingerprint density at radius 3 is 2.53 bits per heavy atom. The van der Waals surface area contributed by atoms with Gasteiger partial charge in [-0.15, -0.1) is 0 Å². The third kappa shape index (κ3) is 3.04. The Kier molecular flexibility index (Phi) is 3.70. The molecule has 0 saturated carbocycles. The molecule has 0 radical (unpaired) electrons. The molecule has 1 aromatic carbocycles. The van der Waals surface area contributed by atoms with E-state index >= 15 is 0 Å². The summed E-state index contributed by atoms with van der Waals surface area (Å²) < 4.78 is 26.4. The highest BCUT2D eigenvalue weighted by Gasteiger charge is 2.12. The van der Waals surface area contributed by atoms with E-state index in [1.165, 1.54) is 0 Å². The second kappa shape index (κ2) is 5.43. The molecule has 4 nitrogen and oxygen atoms in total. The summed E-state index contributed by atoms with van der Waals surface area (Å²) in [6.07, 6.45) is 1.59. The molecule has 0 spiro atoms. The van der Waals surface area contributed by atoms with E-state index in [9.17, 15) is 13.6 Å². The van der Waals surface area contributed by atoms with Gasteiger partial charge in [-0.1, -0.05) is 6.07 Å². The molecule has 0 fully saturated rings. The van der Waals surface area contributed by atoms with Gasteiger partial charge in [0.2, 0.25) is 0 Å². The number of aromatic nitrogens is 1.